The number of benzene rings is 2. The van der Waals surface area contributed by atoms with Gasteiger partial charge in [0.25, 0.3) is 5.91 Å². The Hall–Kier alpha value is -2.62. The molecule has 104 valence electrons. The number of imidazole rings is 1. The maximum absolute atomic E-state index is 12.8. The van der Waals surface area contributed by atoms with Crippen LogP contribution in [0.4, 0.5) is 5.69 Å². The molecule has 1 amide bonds. The minimum absolute atomic E-state index is 0.0543. The molecule has 1 aliphatic rings. The van der Waals surface area contributed by atoms with E-state index in [2.05, 4.69) is 16.0 Å². The van der Waals surface area contributed by atoms with Crippen molar-refractivity contribution >= 4 is 22.6 Å². The van der Waals surface area contributed by atoms with Gasteiger partial charge in [0.15, 0.2) is 0 Å². The quantitative estimate of drug-likeness (QED) is 0.742. The molecule has 0 saturated carbocycles. The van der Waals surface area contributed by atoms with Gasteiger partial charge < -0.3 is 9.88 Å². The molecule has 4 rings (SSSR count). The second-order valence-corrected chi connectivity index (χ2v) is 5.32. The number of aryl methyl sites for hydroxylation is 1. The maximum atomic E-state index is 12.8. The fourth-order valence-corrected chi connectivity index (χ4v) is 2.97. The third-order valence-electron chi connectivity index (χ3n) is 4.02. The first-order valence-corrected chi connectivity index (χ1v) is 7.16. The van der Waals surface area contributed by atoms with Crippen molar-refractivity contribution in [1.29, 1.82) is 0 Å². The van der Waals surface area contributed by atoms with E-state index in [1.54, 1.807) is 6.33 Å². The second kappa shape index (κ2) is 4.74. The second-order valence-electron chi connectivity index (χ2n) is 5.32. The molecule has 1 aliphatic heterocycles. The smallest absolute Gasteiger partial charge is 0.258 e. The number of carbonyl (C=O) groups is 1. The summed E-state index contributed by atoms with van der Waals surface area (Å²) in [6.45, 7) is 0.775. The minimum atomic E-state index is 0.0543. The molecule has 4 nitrogen and oxygen atoms in total. The van der Waals surface area contributed by atoms with Crippen LogP contribution in [0.3, 0.4) is 0 Å². The van der Waals surface area contributed by atoms with Crippen LogP contribution in [0.25, 0.3) is 11.0 Å². The highest BCUT2D eigenvalue weighted by Crippen LogP contribution is 2.28. The molecular formula is C17H15N3O. The van der Waals surface area contributed by atoms with E-state index in [0.29, 0.717) is 5.56 Å². The normalized spacial score (nSPS) is 14.2. The molecule has 0 saturated heterocycles. The van der Waals surface area contributed by atoms with Crippen LogP contribution in [-0.4, -0.2) is 22.4 Å². The van der Waals surface area contributed by atoms with E-state index >= 15 is 0 Å². The van der Waals surface area contributed by atoms with E-state index in [0.717, 1.165) is 36.1 Å². The topological polar surface area (TPSA) is 49.0 Å². The molecule has 4 heteroatoms. The van der Waals surface area contributed by atoms with Gasteiger partial charge in [0.05, 0.1) is 17.4 Å². The Labute approximate surface area is 122 Å². The lowest BCUT2D eigenvalue weighted by Gasteiger charge is -2.29. The van der Waals surface area contributed by atoms with Gasteiger partial charge in [0, 0.05) is 17.8 Å². The van der Waals surface area contributed by atoms with Crippen molar-refractivity contribution in [3.63, 3.8) is 0 Å². The molecule has 1 aromatic heterocycles. The molecule has 1 N–H and O–H groups in total. The Morgan fingerprint density at radius 2 is 2.10 bits per heavy atom. The first-order valence-electron chi connectivity index (χ1n) is 7.16. The van der Waals surface area contributed by atoms with E-state index in [1.807, 2.05) is 41.3 Å². The van der Waals surface area contributed by atoms with Crippen LogP contribution in [0.5, 0.6) is 0 Å². The number of hydrogen-bond donors (Lipinski definition) is 1. The molecule has 0 fully saturated rings. The Balaban J connectivity index is 1.75. The van der Waals surface area contributed by atoms with E-state index < -0.39 is 0 Å². The number of amides is 1. The van der Waals surface area contributed by atoms with Gasteiger partial charge in [-0.15, -0.1) is 0 Å². The molecular weight excluding hydrogens is 262 g/mol. The molecule has 3 aromatic rings. The molecule has 21 heavy (non-hydrogen) atoms. The molecule has 0 unspecified atom stereocenters. The summed E-state index contributed by atoms with van der Waals surface area (Å²) in [5, 5.41) is 0. The van der Waals surface area contributed by atoms with Crippen LogP contribution in [-0.2, 0) is 6.42 Å². The monoisotopic (exact) mass is 277 g/mol. The summed E-state index contributed by atoms with van der Waals surface area (Å²) in [5.41, 5.74) is 4.76. The van der Waals surface area contributed by atoms with Gasteiger partial charge in [0.2, 0.25) is 0 Å². The highest BCUT2D eigenvalue weighted by atomic mass is 16.2. The zero-order valence-electron chi connectivity index (χ0n) is 11.5. The maximum Gasteiger partial charge on any atom is 0.258 e. The first kappa shape index (κ1) is 12.1. The average Bonchev–Trinajstić information content (AvgIpc) is 3.01. The number of nitrogens with one attached hydrogen (secondary N) is 1. The van der Waals surface area contributed by atoms with Gasteiger partial charge in [-0.05, 0) is 42.7 Å². The summed E-state index contributed by atoms with van der Waals surface area (Å²) >= 11 is 0. The average molecular weight is 277 g/mol. The van der Waals surface area contributed by atoms with Gasteiger partial charge in [-0.3, -0.25) is 4.79 Å². The molecule has 2 heterocycles. The van der Waals surface area contributed by atoms with E-state index in [-0.39, 0.29) is 5.91 Å². The van der Waals surface area contributed by atoms with Crippen molar-refractivity contribution < 1.29 is 4.79 Å². The zero-order valence-corrected chi connectivity index (χ0v) is 11.5. The number of aromatic amines is 1. The summed E-state index contributed by atoms with van der Waals surface area (Å²) in [6.07, 6.45) is 3.70. The van der Waals surface area contributed by atoms with Gasteiger partial charge >= 0.3 is 0 Å². The minimum Gasteiger partial charge on any atom is -0.345 e. The molecule has 0 bridgehead atoms. The molecule has 2 aromatic carbocycles. The Morgan fingerprint density at radius 3 is 3.05 bits per heavy atom. The van der Waals surface area contributed by atoms with E-state index in [4.69, 9.17) is 0 Å². The number of carbonyl (C=O) groups excluding carboxylic acids is 1. The highest BCUT2D eigenvalue weighted by Gasteiger charge is 2.23. The van der Waals surface area contributed by atoms with Crippen molar-refractivity contribution in [2.75, 3.05) is 11.4 Å². The van der Waals surface area contributed by atoms with Gasteiger partial charge in [-0.2, -0.15) is 0 Å². The number of anilines is 1. The van der Waals surface area contributed by atoms with Crippen LogP contribution in [0.2, 0.25) is 0 Å². The first-order chi connectivity index (χ1) is 10.3. The number of fused-ring (bicyclic) bond motifs is 2. The summed E-state index contributed by atoms with van der Waals surface area (Å²) in [5.74, 6) is 0.0543. The van der Waals surface area contributed by atoms with Gasteiger partial charge in [-0.25, -0.2) is 4.98 Å². The van der Waals surface area contributed by atoms with Gasteiger partial charge in [-0.1, -0.05) is 18.2 Å². The third kappa shape index (κ3) is 2.00. The summed E-state index contributed by atoms with van der Waals surface area (Å²) in [7, 11) is 0. The van der Waals surface area contributed by atoms with Crippen molar-refractivity contribution in [3.8, 4) is 0 Å². The zero-order chi connectivity index (χ0) is 14.2. The van der Waals surface area contributed by atoms with Crippen molar-refractivity contribution in [2.45, 2.75) is 12.8 Å². The standard InChI is InChI=1S/C17H15N3O/c21-17(13-7-8-14-15(10-13)19-11-18-14)20-9-3-5-12-4-1-2-6-16(12)20/h1-2,4,6-8,10-11H,3,5,9H2,(H,18,19). The summed E-state index contributed by atoms with van der Waals surface area (Å²) in [6, 6.07) is 13.8. The fraction of sp³-hybridized carbons (Fsp3) is 0.176. The molecule has 0 atom stereocenters. The number of hydrogen-bond acceptors (Lipinski definition) is 2. The third-order valence-corrected chi connectivity index (χ3v) is 4.02. The molecule has 0 spiro atoms. The molecule has 0 radical (unpaired) electrons. The highest BCUT2D eigenvalue weighted by molar-refractivity contribution is 6.08. The van der Waals surface area contributed by atoms with E-state index in [1.165, 1.54) is 5.56 Å². The predicted molar refractivity (Wildman–Crippen MR) is 82.5 cm³/mol. The Bertz CT molecular complexity index is 822. The lowest BCUT2D eigenvalue weighted by atomic mass is 10.0. The van der Waals surface area contributed by atoms with Crippen LogP contribution in [0.1, 0.15) is 22.3 Å². The summed E-state index contributed by atoms with van der Waals surface area (Å²) < 4.78 is 0. The van der Waals surface area contributed by atoms with Crippen LogP contribution in [0, 0.1) is 0 Å². The van der Waals surface area contributed by atoms with Crippen LogP contribution >= 0.6 is 0 Å². The number of H-pyrrole nitrogens is 1. The fourth-order valence-electron chi connectivity index (χ4n) is 2.97. The lowest BCUT2D eigenvalue weighted by molar-refractivity contribution is 0.0985. The van der Waals surface area contributed by atoms with Crippen molar-refractivity contribution in [2.24, 2.45) is 0 Å². The molecule has 0 aliphatic carbocycles. The number of aromatic nitrogens is 2. The Morgan fingerprint density at radius 1 is 1.19 bits per heavy atom. The van der Waals surface area contributed by atoms with E-state index in [9.17, 15) is 4.79 Å². The number of para-hydroxylation sites is 1. The largest absolute Gasteiger partial charge is 0.345 e. The Kier molecular flexibility index (Phi) is 2.74. The van der Waals surface area contributed by atoms with Crippen molar-refractivity contribution in [3.05, 3.63) is 59.9 Å². The number of nitrogens with zero attached hydrogens (tertiary/aromatic N) is 2. The lowest BCUT2D eigenvalue weighted by Crippen LogP contribution is -2.35. The summed E-state index contributed by atoms with van der Waals surface area (Å²) in [4.78, 5) is 21.9. The predicted octanol–water partition coefficient (Wildman–Crippen LogP) is 3.16. The van der Waals surface area contributed by atoms with Crippen molar-refractivity contribution in [1.82, 2.24) is 9.97 Å². The SMILES string of the molecule is O=C(c1ccc2nc[nH]c2c1)N1CCCc2ccccc21. The van der Waals surface area contributed by atoms with Crippen LogP contribution in [0.15, 0.2) is 48.8 Å². The number of rotatable bonds is 1. The van der Waals surface area contributed by atoms with Crippen LogP contribution < -0.4 is 4.90 Å². The van der Waals surface area contributed by atoms with Gasteiger partial charge in [0.1, 0.15) is 0 Å².